The maximum absolute atomic E-state index is 11.0. The van der Waals surface area contributed by atoms with Crippen LogP contribution in [0.4, 0.5) is 11.4 Å². The van der Waals surface area contributed by atoms with Crippen LogP contribution in [0.15, 0.2) is 27.8 Å². The number of nitro benzene ring substituents is 2. The summed E-state index contributed by atoms with van der Waals surface area (Å²) < 4.78 is 5.61. The van der Waals surface area contributed by atoms with Crippen molar-refractivity contribution in [3.05, 3.63) is 49.9 Å². The number of aryl methyl sites for hydroxylation is 1. The van der Waals surface area contributed by atoms with Crippen LogP contribution < -0.4 is 0 Å². The van der Waals surface area contributed by atoms with E-state index in [0.717, 1.165) is 25.3 Å². The minimum absolute atomic E-state index is 0.266. The largest absolute Gasteiger partial charge is 0.416 e. The average molecular weight is 437 g/mol. The monoisotopic (exact) mass is 436 g/mol. The van der Waals surface area contributed by atoms with E-state index in [0.29, 0.717) is 16.7 Å². The van der Waals surface area contributed by atoms with Crippen LogP contribution in [0.2, 0.25) is 0 Å². The van der Waals surface area contributed by atoms with E-state index < -0.39 is 9.85 Å². The van der Waals surface area contributed by atoms with Crippen LogP contribution in [-0.4, -0.2) is 20.0 Å². The third-order valence-electron chi connectivity index (χ3n) is 4.69. The molecule has 0 saturated heterocycles. The van der Waals surface area contributed by atoms with E-state index >= 15 is 0 Å². The van der Waals surface area contributed by atoms with Gasteiger partial charge in [0.25, 0.3) is 16.6 Å². The van der Waals surface area contributed by atoms with E-state index in [1.165, 1.54) is 68.8 Å². The number of thioether (sulfide) groups is 1. The summed E-state index contributed by atoms with van der Waals surface area (Å²) in [6.45, 7) is 2.22. The highest BCUT2D eigenvalue weighted by Gasteiger charge is 2.17. The SMILES string of the molecule is CCCCCCCCCCCc1nnc(SCc2cc([N+](=O)[O-])cc([N+](=O)[O-])c2)o1. The summed E-state index contributed by atoms with van der Waals surface area (Å²) in [4.78, 5) is 20.6. The Morgan fingerprint density at radius 3 is 2.00 bits per heavy atom. The van der Waals surface area contributed by atoms with Crippen molar-refractivity contribution in [2.75, 3.05) is 0 Å². The molecule has 0 N–H and O–H groups in total. The van der Waals surface area contributed by atoms with Crippen LogP contribution in [0.25, 0.3) is 0 Å². The molecule has 1 aromatic heterocycles. The van der Waals surface area contributed by atoms with Crippen LogP contribution in [0.3, 0.4) is 0 Å². The van der Waals surface area contributed by atoms with Crippen molar-refractivity contribution in [1.29, 1.82) is 0 Å². The molecule has 0 radical (unpaired) electrons. The summed E-state index contributed by atoms with van der Waals surface area (Å²) in [5, 5.41) is 30.3. The molecule has 0 unspecified atom stereocenters. The zero-order valence-electron chi connectivity index (χ0n) is 17.2. The molecule has 0 aliphatic rings. The smallest absolute Gasteiger partial charge is 0.276 e. The molecule has 9 nitrogen and oxygen atoms in total. The number of hydrogen-bond acceptors (Lipinski definition) is 8. The standard InChI is InChI=1S/C20H28N4O5S/c1-2-3-4-5-6-7-8-9-10-11-19-21-22-20(29-19)30-15-16-12-17(23(25)26)14-18(13-16)24(27)28/h12-14H,2-11,15H2,1H3. The number of aromatic nitrogens is 2. The lowest BCUT2D eigenvalue weighted by Crippen LogP contribution is -1.95. The number of unbranched alkanes of at least 4 members (excludes halogenated alkanes) is 8. The van der Waals surface area contributed by atoms with Gasteiger partial charge < -0.3 is 4.42 Å². The molecular weight excluding hydrogens is 408 g/mol. The topological polar surface area (TPSA) is 125 Å². The lowest BCUT2D eigenvalue weighted by atomic mass is 10.1. The fourth-order valence-corrected chi connectivity index (χ4v) is 3.79. The Morgan fingerprint density at radius 1 is 0.867 bits per heavy atom. The molecule has 0 aliphatic heterocycles. The Kier molecular flexibility index (Phi) is 10.3. The van der Waals surface area contributed by atoms with E-state index in [9.17, 15) is 20.2 Å². The van der Waals surface area contributed by atoms with Crippen molar-refractivity contribution in [3.63, 3.8) is 0 Å². The lowest BCUT2D eigenvalue weighted by Gasteiger charge is -2.01. The molecule has 30 heavy (non-hydrogen) atoms. The summed E-state index contributed by atoms with van der Waals surface area (Å²) in [7, 11) is 0. The molecule has 10 heteroatoms. The Bertz CT molecular complexity index is 795. The van der Waals surface area contributed by atoms with E-state index in [-0.39, 0.29) is 17.1 Å². The third kappa shape index (κ3) is 8.48. The van der Waals surface area contributed by atoms with Gasteiger partial charge in [-0.25, -0.2) is 0 Å². The first-order valence-corrected chi connectivity index (χ1v) is 11.4. The zero-order valence-corrected chi connectivity index (χ0v) is 18.1. The van der Waals surface area contributed by atoms with Crippen LogP contribution in [0.1, 0.15) is 76.2 Å². The van der Waals surface area contributed by atoms with Gasteiger partial charge in [-0.15, -0.1) is 10.2 Å². The predicted octanol–water partition coefficient (Wildman–Crippen LogP) is 6.25. The van der Waals surface area contributed by atoms with Crippen molar-refractivity contribution < 1.29 is 14.3 Å². The van der Waals surface area contributed by atoms with Gasteiger partial charge in [0.1, 0.15) is 0 Å². The fraction of sp³-hybridized carbons (Fsp3) is 0.600. The predicted molar refractivity (Wildman–Crippen MR) is 115 cm³/mol. The highest BCUT2D eigenvalue weighted by atomic mass is 32.2. The van der Waals surface area contributed by atoms with Gasteiger partial charge in [-0.05, 0) is 12.0 Å². The Balaban J connectivity index is 1.73. The zero-order chi connectivity index (χ0) is 21.8. The van der Waals surface area contributed by atoms with Gasteiger partial charge in [0.15, 0.2) is 0 Å². The van der Waals surface area contributed by atoms with E-state index in [1.807, 2.05) is 0 Å². The van der Waals surface area contributed by atoms with E-state index in [2.05, 4.69) is 17.1 Å². The first-order valence-electron chi connectivity index (χ1n) is 10.4. The second-order valence-corrected chi connectivity index (χ2v) is 8.13. The van der Waals surface area contributed by atoms with Gasteiger partial charge >= 0.3 is 0 Å². The summed E-state index contributed by atoms with van der Waals surface area (Å²) in [6, 6.07) is 3.59. The van der Waals surface area contributed by atoms with Crippen LogP contribution in [-0.2, 0) is 12.2 Å². The van der Waals surface area contributed by atoms with E-state index in [4.69, 9.17) is 4.42 Å². The molecule has 164 valence electrons. The number of hydrogen-bond donors (Lipinski definition) is 0. The second-order valence-electron chi connectivity index (χ2n) is 7.20. The highest BCUT2D eigenvalue weighted by Crippen LogP contribution is 2.28. The van der Waals surface area contributed by atoms with Crippen molar-refractivity contribution in [3.8, 4) is 0 Å². The Hall–Kier alpha value is -2.49. The van der Waals surface area contributed by atoms with Crippen molar-refractivity contribution in [2.45, 2.75) is 82.1 Å². The van der Waals surface area contributed by atoms with Crippen molar-refractivity contribution >= 4 is 23.1 Å². The molecule has 0 saturated carbocycles. The van der Waals surface area contributed by atoms with Crippen LogP contribution in [0, 0.1) is 20.2 Å². The normalized spacial score (nSPS) is 11.0. The molecule has 1 aromatic carbocycles. The molecular formula is C20H28N4O5S. The molecule has 0 aliphatic carbocycles. The summed E-state index contributed by atoms with van der Waals surface area (Å²) >= 11 is 1.21. The summed E-state index contributed by atoms with van der Waals surface area (Å²) in [5.41, 5.74) is -0.160. The van der Waals surface area contributed by atoms with E-state index in [1.54, 1.807) is 0 Å². The van der Waals surface area contributed by atoms with Crippen molar-refractivity contribution in [2.24, 2.45) is 0 Å². The number of benzene rings is 1. The number of nitro groups is 2. The minimum atomic E-state index is -0.642. The summed E-state index contributed by atoms with van der Waals surface area (Å²) in [5.74, 6) is 0.841. The Morgan fingerprint density at radius 2 is 1.43 bits per heavy atom. The maximum Gasteiger partial charge on any atom is 0.276 e. The van der Waals surface area contributed by atoms with Gasteiger partial charge in [-0.3, -0.25) is 20.2 Å². The first kappa shape index (κ1) is 23.8. The first-order chi connectivity index (χ1) is 14.5. The molecule has 0 spiro atoms. The van der Waals surface area contributed by atoms with Gasteiger partial charge in [0, 0.05) is 24.3 Å². The quantitative estimate of drug-likeness (QED) is 0.139. The molecule has 0 amide bonds. The molecule has 2 rings (SSSR count). The number of nitrogens with zero attached hydrogens (tertiary/aromatic N) is 4. The molecule has 0 bridgehead atoms. The molecule has 1 heterocycles. The van der Waals surface area contributed by atoms with Gasteiger partial charge in [0.05, 0.1) is 15.9 Å². The van der Waals surface area contributed by atoms with Crippen LogP contribution in [0.5, 0.6) is 0 Å². The molecule has 0 atom stereocenters. The second kappa shape index (κ2) is 12.9. The average Bonchev–Trinajstić information content (AvgIpc) is 3.18. The highest BCUT2D eigenvalue weighted by molar-refractivity contribution is 7.98. The van der Waals surface area contributed by atoms with Crippen molar-refractivity contribution in [1.82, 2.24) is 10.2 Å². The van der Waals surface area contributed by atoms with Gasteiger partial charge in [-0.1, -0.05) is 70.1 Å². The maximum atomic E-state index is 11.0. The fourth-order valence-electron chi connectivity index (χ4n) is 3.08. The minimum Gasteiger partial charge on any atom is -0.416 e. The van der Waals surface area contributed by atoms with Crippen LogP contribution >= 0.6 is 11.8 Å². The van der Waals surface area contributed by atoms with Gasteiger partial charge in [-0.2, -0.15) is 0 Å². The molecule has 2 aromatic rings. The third-order valence-corrected chi connectivity index (χ3v) is 5.58. The Labute approximate surface area is 179 Å². The number of rotatable bonds is 15. The van der Waals surface area contributed by atoms with Gasteiger partial charge in [0.2, 0.25) is 5.89 Å². The summed E-state index contributed by atoms with van der Waals surface area (Å²) in [6.07, 6.45) is 11.9. The lowest BCUT2D eigenvalue weighted by molar-refractivity contribution is -0.394. The molecule has 0 fully saturated rings. The number of non-ortho nitro benzene ring substituents is 2.